The zero-order valence-corrected chi connectivity index (χ0v) is 22.0. The second kappa shape index (κ2) is 11.5. The molecule has 4 N–H and O–H groups in total. The number of carbonyl (C=O) groups is 4. The van der Waals surface area contributed by atoms with Gasteiger partial charge in [-0.2, -0.15) is 0 Å². The molecule has 0 spiro atoms. The number of primary amides is 1. The van der Waals surface area contributed by atoms with Gasteiger partial charge >= 0.3 is 6.09 Å². The van der Waals surface area contributed by atoms with Gasteiger partial charge in [-0.25, -0.2) is 13.2 Å². The number of fused-ring (bicyclic) bond motifs is 2. The number of benzene rings is 1. The number of nitrogens with two attached hydrogens (primary N) is 1. The molecule has 206 valence electrons. The molecule has 1 saturated carbocycles. The van der Waals surface area contributed by atoms with Crippen LogP contribution in [0.5, 0.6) is 0 Å². The summed E-state index contributed by atoms with van der Waals surface area (Å²) in [6.07, 6.45) is 6.03. The molecule has 2 fully saturated rings. The molecule has 1 aromatic rings. The Bertz CT molecular complexity index is 1200. The number of nitrogens with zero attached hydrogens (tertiary/aromatic N) is 1. The minimum Gasteiger partial charge on any atom is -0.436 e. The Hall–Kier alpha value is -3.41. The third kappa shape index (κ3) is 6.53. The molecule has 4 unspecified atom stereocenters. The molecule has 4 amide bonds. The largest absolute Gasteiger partial charge is 0.436 e. The van der Waals surface area contributed by atoms with Crippen molar-refractivity contribution in [3.8, 4) is 0 Å². The zero-order chi connectivity index (χ0) is 27.3. The normalized spacial score (nSPS) is 29.1. The summed E-state index contributed by atoms with van der Waals surface area (Å²) in [5.41, 5.74) is 4.28. The van der Waals surface area contributed by atoms with E-state index >= 15 is 0 Å². The standard InChI is InChI=1S/C26H34N4O7S/c27-25(34)37-21-14-8-3-1-2-7-12-19-16-26(19,28-22(31)20-13-9-15-30(20)23(21)32)24(33)29-38(35,36)17-18-10-5-4-6-11-18/h4-7,10-12,19-21H,1-3,8-9,13-17H2,(H2,27,34)(H,28,31)(H,29,33)/b12-7+. The topological polar surface area (TPSA) is 165 Å². The number of hydrogen-bond donors (Lipinski definition) is 3. The molecule has 38 heavy (non-hydrogen) atoms. The maximum atomic E-state index is 13.4. The fraction of sp³-hybridized carbons (Fsp3) is 0.538. The van der Waals surface area contributed by atoms with Crippen molar-refractivity contribution in [3.63, 3.8) is 0 Å². The molecule has 4 rings (SSSR count). The van der Waals surface area contributed by atoms with E-state index in [1.807, 2.05) is 12.2 Å². The van der Waals surface area contributed by atoms with Crippen molar-refractivity contribution in [2.24, 2.45) is 11.7 Å². The quantitative estimate of drug-likeness (QED) is 0.471. The van der Waals surface area contributed by atoms with Crippen molar-refractivity contribution in [2.45, 2.75) is 74.8 Å². The molecule has 3 aliphatic rings. The Morgan fingerprint density at radius 1 is 1.11 bits per heavy atom. The molecule has 1 aromatic carbocycles. The minimum absolute atomic E-state index is 0.246. The van der Waals surface area contributed by atoms with Crippen LogP contribution in [0.15, 0.2) is 42.5 Å². The number of amides is 4. The van der Waals surface area contributed by atoms with Gasteiger partial charge in [0.2, 0.25) is 15.9 Å². The van der Waals surface area contributed by atoms with E-state index in [2.05, 4.69) is 10.0 Å². The molecular formula is C26H34N4O7S. The van der Waals surface area contributed by atoms with Crippen molar-refractivity contribution < 1.29 is 32.3 Å². The minimum atomic E-state index is -4.02. The monoisotopic (exact) mass is 546 g/mol. The molecule has 12 heteroatoms. The Kier molecular flexibility index (Phi) is 8.39. The third-order valence-electron chi connectivity index (χ3n) is 7.29. The highest BCUT2D eigenvalue weighted by atomic mass is 32.2. The highest BCUT2D eigenvalue weighted by Crippen LogP contribution is 2.45. The van der Waals surface area contributed by atoms with Crippen LogP contribution in [0.25, 0.3) is 0 Å². The second-order valence-electron chi connectivity index (χ2n) is 10.1. The summed E-state index contributed by atoms with van der Waals surface area (Å²) < 4.78 is 32.8. The summed E-state index contributed by atoms with van der Waals surface area (Å²) in [4.78, 5) is 52.8. The summed E-state index contributed by atoms with van der Waals surface area (Å²) in [6, 6.07) is 7.61. The molecule has 2 heterocycles. The molecule has 0 bridgehead atoms. The van der Waals surface area contributed by atoms with Crippen molar-refractivity contribution >= 4 is 33.8 Å². The van der Waals surface area contributed by atoms with Gasteiger partial charge < -0.3 is 20.7 Å². The maximum Gasteiger partial charge on any atom is 0.405 e. The van der Waals surface area contributed by atoms with E-state index in [1.165, 1.54) is 4.90 Å². The van der Waals surface area contributed by atoms with E-state index in [0.29, 0.717) is 44.2 Å². The number of nitrogens with one attached hydrogen (secondary N) is 2. The molecule has 2 aliphatic heterocycles. The van der Waals surface area contributed by atoms with Gasteiger partial charge in [-0.3, -0.25) is 19.1 Å². The summed E-state index contributed by atoms with van der Waals surface area (Å²) in [7, 11) is -4.02. The molecule has 11 nitrogen and oxygen atoms in total. The fourth-order valence-electron chi connectivity index (χ4n) is 5.24. The first-order valence-corrected chi connectivity index (χ1v) is 14.6. The van der Waals surface area contributed by atoms with E-state index in [4.69, 9.17) is 10.5 Å². The number of sulfonamides is 1. The Labute approximate surface area is 222 Å². The second-order valence-corrected chi connectivity index (χ2v) is 11.9. The predicted molar refractivity (Wildman–Crippen MR) is 138 cm³/mol. The van der Waals surface area contributed by atoms with Crippen LogP contribution >= 0.6 is 0 Å². The van der Waals surface area contributed by atoms with Crippen LogP contribution in [0, 0.1) is 5.92 Å². The summed E-state index contributed by atoms with van der Waals surface area (Å²) in [6.45, 7) is 0.295. The van der Waals surface area contributed by atoms with Crippen molar-refractivity contribution in [3.05, 3.63) is 48.0 Å². The average molecular weight is 547 g/mol. The summed E-state index contributed by atoms with van der Waals surface area (Å²) in [5.74, 6) is -2.59. The molecule has 4 atom stereocenters. The Morgan fingerprint density at radius 2 is 1.87 bits per heavy atom. The number of rotatable bonds is 5. The van der Waals surface area contributed by atoms with E-state index in [9.17, 15) is 27.6 Å². The van der Waals surface area contributed by atoms with E-state index in [1.54, 1.807) is 30.3 Å². The maximum absolute atomic E-state index is 13.4. The van der Waals surface area contributed by atoms with Gasteiger partial charge in [-0.05, 0) is 50.5 Å². The molecule has 1 aliphatic carbocycles. The molecule has 1 saturated heterocycles. The average Bonchev–Trinajstić information content (AvgIpc) is 3.32. The van der Waals surface area contributed by atoms with Crippen LogP contribution in [0.2, 0.25) is 0 Å². The smallest absolute Gasteiger partial charge is 0.405 e. The summed E-state index contributed by atoms with van der Waals surface area (Å²) >= 11 is 0. The van der Waals surface area contributed by atoms with Gasteiger partial charge in [0, 0.05) is 12.5 Å². The van der Waals surface area contributed by atoms with E-state index < -0.39 is 51.5 Å². The first-order valence-electron chi connectivity index (χ1n) is 13.0. The first kappa shape index (κ1) is 27.6. The number of carbonyl (C=O) groups excluding carboxylic acids is 4. The van der Waals surface area contributed by atoms with Crippen LogP contribution in [-0.4, -0.2) is 61.4 Å². The SMILES string of the molecule is NC(=O)OC1CCCCC/C=C/C2CC2(C(=O)NS(=O)(=O)Cc2ccccc2)NC(=O)C2CCCN2C1=O. The lowest BCUT2D eigenvalue weighted by molar-refractivity contribution is -0.146. The lowest BCUT2D eigenvalue weighted by Gasteiger charge is -2.29. The van der Waals surface area contributed by atoms with Gasteiger partial charge in [0.25, 0.3) is 11.8 Å². The van der Waals surface area contributed by atoms with Crippen LogP contribution < -0.4 is 15.8 Å². The van der Waals surface area contributed by atoms with Crippen molar-refractivity contribution in [2.75, 3.05) is 6.54 Å². The zero-order valence-electron chi connectivity index (χ0n) is 21.1. The number of allylic oxidation sites excluding steroid dienone is 1. The van der Waals surface area contributed by atoms with Gasteiger partial charge in [-0.1, -0.05) is 48.9 Å². The number of hydrogen-bond acceptors (Lipinski definition) is 7. The van der Waals surface area contributed by atoms with Crippen LogP contribution in [0.4, 0.5) is 4.79 Å². The molecular weight excluding hydrogens is 512 g/mol. The van der Waals surface area contributed by atoms with Gasteiger partial charge in [0.05, 0.1) is 5.75 Å². The first-order chi connectivity index (χ1) is 18.1. The predicted octanol–water partition coefficient (Wildman–Crippen LogP) is 1.48. The highest BCUT2D eigenvalue weighted by molar-refractivity contribution is 7.89. The van der Waals surface area contributed by atoms with Crippen LogP contribution in [0.1, 0.15) is 56.9 Å². The third-order valence-corrected chi connectivity index (χ3v) is 8.50. The Morgan fingerprint density at radius 3 is 2.61 bits per heavy atom. The van der Waals surface area contributed by atoms with Gasteiger partial charge in [-0.15, -0.1) is 0 Å². The number of ether oxygens (including phenoxy) is 1. The van der Waals surface area contributed by atoms with Crippen LogP contribution in [0.3, 0.4) is 0 Å². The van der Waals surface area contributed by atoms with Crippen molar-refractivity contribution in [1.82, 2.24) is 14.9 Å². The highest BCUT2D eigenvalue weighted by Gasteiger charge is 2.61. The summed E-state index contributed by atoms with van der Waals surface area (Å²) in [5, 5.41) is 2.78. The van der Waals surface area contributed by atoms with E-state index in [-0.39, 0.29) is 18.1 Å². The molecule has 0 radical (unpaired) electrons. The van der Waals surface area contributed by atoms with Crippen molar-refractivity contribution in [1.29, 1.82) is 0 Å². The lowest BCUT2D eigenvalue weighted by atomic mass is 10.1. The molecule has 0 aromatic heterocycles. The van der Waals surface area contributed by atoms with Crippen LogP contribution in [-0.2, 0) is 34.9 Å². The Balaban J connectivity index is 1.55. The van der Waals surface area contributed by atoms with E-state index in [0.717, 1.165) is 12.8 Å². The lowest BCUT2D eigenvalue weighted by Crippen LogP contribution is -2.57. The van der Waals surface area contributed by atoms with Gasteiger partial charge in [0.1, 0.15) is 11.6 Å². The fourth-order valence-corrected chi connectivity index (χ4v) is 6.41. The van der Waals surface area contributed by atoms with Gasteiger partial charge in [0.15, 0.2) is 6.10 Å².